The van der Waals surface area contributed by atoms with Gasteiger partial charge < -0.3 is 9.32 Å². The van der Waals surface area contributed by atoms with Crippen molar-refractivity contribution in [3.63, 3.8) is 0 Å². The van der Waals surface area contributed by atoms with Crippen LogP contribution in [-0.4, -0.2) is 32.8 Å². The van der Waals surface area contributed by atoms with E-state index in [0.717, 1.165) is 28.1 Å². The lowest BCUT2D eigenvalue weighted by molar-refractivity contribution is -0.114. The number of likely N-dealkylation sites (N-methyl/N-ethyl adjacent to an activating group) is 1. The average molecular weight is 451 g/mol. The molecule has 0 unspecified atom stereocenters. The molecule has 0 saturated heterocycles. The van der Waals surface area contributed by atoms with Gasteiger partial charge in [-0.05, 0) is 30.7 Å². The average Bonchev–Trinajstić information content (AvgIpc) is 3.45. The van der Waals surface area contributed by atoms with E-state index in [1.165, 1.54) is 17.3 Å². The second kappa shape index (κ2) is 8.62. The summed E-state index contributed by atoms with van der Waals surface area (Å²) in [6, 6.07) is 12.1. The second-order valence-electron chi connectivity index (χ2n) is 9.05. The third kappa shape index (κ3) is 4.01. The number of furan rings is 1. The molecule has 32 heavy (non-hydrogen) atoms. The summed E-state index contributed by atoms with van der Waals surface area (Å²) in [4.78, 5) is 15.4. The number of fused-ring (bicyclic) bond motifs is 1. The van der Waals surface area contributed by atoms with Crippen molar-refractivity contribution in [1.29, 1.82) is 0 Å². The molecule has 0 bridgehead atoms. The summed E-state index contributed by atoms with van der Waals surface area (Å²) in [5, 5.41) is 9.22. The van der Waals surface area contributed by atoms with Crippen molar-refractivity contribution in [2.24, 2.45) is 0 Å². The van der Waals surface area contributed by atoms with Gasteiger partial charge in [0.1, 0.15) is 11.6 Å². The van der Waals surface area contributed by atoms with Crippen LogP contribution in [0.3, 0.4) is 0 Å². The Kier molecular flexibility index (Phi) is 6.03. The number of hydrogen-bond donors (Lipinski definition) is 0. The monoisotopic (exact) mass is 450 g/mol. The predicted octanol–water partition coefficient (Wildman–Crippen LogP) is 5.40. The summed E-state index contributed by atoms with van der Waals surface area (Å²) in [6.07, 6.45) is 3.46. The number of carbonyl (C=O) groups is 1. The summed E-state index contributed by atoms with van der Waals surface area (Å²) in [7, 11) is 2.03. The fourth-order valence-corrected chi connectivity index (χ4v) is 5.12. The van der Waals surface area contributed by atoms with Crippen molar-refractivity contribution >= 4 is 23.2 Å². The molecule has 0 amide bonds. The van der Waals surface area contributed by atoms with Crippen LogP contribution in [0.2, 0.25) is 0 Å². The van der Waals surface area contributed by atoms with Crippen molar-refractivity contribution in [2.75, 3.05) is 11.9 Å². The van der Waals surface area contributed by atoms with Crippen LogP contribution in [0.4, 0.5) is 5.69 Å². The van der Waals surface area contributed by atoms with Gasteiger partial charge in [0.05, 0.1) is 18.1 Å². The Balaban J connectivity index is 1.57. The van der Waals surface area contributed by atoms with Crippen LogP contribution in [0.5, 0.6) is 0 Å². The van der Waals surface area contributed by atoms with Gasteiger partial charge in [-0.3, -0.25) is 9.36 Å². The normalized spacial score (nSPS) is 17.2. The Morgan fingerprint density at radius 2 is 1.91 bits per heavy atom. The van der Waals surface area contributed by atoms with Crippen molar-refractivity contribution in [3.8, 4) is 0 Å². The number of ketones is 1. The van der Waals surface area contributed by atoms with Crippen LogP contribution in [0.15, 0.2) is 64.0 Å². The van der Waals surface area contributed by atoms with Crippen LogP contribution >= 0.6 is 11.8 Å². The van der Waals surface area contributed by atoms with E-state index in [1.54, 1.807) is 12.3 Å². The number of carbonyl (C=O) groups excluding carboxylic acids is 1. The van der Waals surface area contributed by atoms with Crippen LogP contribution in [0.1, 0.15) is 57.7 Å². The maximum atomic E-state index is 13.3. The first-order valence-electron chi connectivity index (χ1n) is 10.9. The van der Waals surface area contributed by atoms with Crippen molar-refractivity contribution in [1.82, 2.24) is 14.8 Å². The largest absolute Gasteiger partial charge is 0.467 e. The van der Waals surface area contributed by atoms with Gasteiger partial charge in [0.25, 0.3) is 0 Å². The predicted molar refractivity (Wildman–Crippen MR) is 128 cm³/mol. The minimum atomic E-state index is -0.296. The van der Waals surface area contributed by atoms with Gasteiger partial charge in [-0.1, -0.05) is 57.7 Å². The zero-order chi connectivity index (χ0) is 23.0. The van der Waals surface area contributed by atoms with E-state index in [-0.39, 0.29) is 22.4 Å². The molecule has 2 aromatic heterocycles. The van der Waals surface area contributed by atoms with E-state index in [2.05, 4.69) is 61.0 Å². The summed E-state index contributed by atoms with van der Waals surface area (Å²) >= 11 is 1.44. The van der Waals surface area contributed by atoms with E-state index >= 15 is 0 Å². The summed E-state index contributed by atoms with van der Waals surface area (Å²) < 4.78 is 7.58. The molecule has 1 aliphatic heterocycles. The van der Waals surface area contributed by atoms with E-state index in [1.807, 2.05) is 36.7 Å². The number of anilines is 1. The highest BCUT2D eigenvalue weighted by Crippen LogP contribution is 2.46. The molecule has 4 rings (SSSR count). The van der Waals surface area contributed by atoms with Gasteiger partial charge in [-0.2, -0.15) is 0 Å². The van der Waals surface area contributed by atoms with Gasteiger partial charge in [-0.25, -0.2) is 0 Å². The Morgan fingerprint density at radius 1 is 1.16 bits per heavy atom. The SMILES string of the molecule is CC(C)c1nnc(S[C@H](C)C(=O)/C=C2\N(C)c3ccccc3C2(C)C)n1Cc1ccco1. The van der Waals surface area contributed by atoms with Gasteiger partial charge >= 0.3 is 0 Å². The minimum Gasteiger partial charge on any atom is -0.467 e. The highest BCUT2D eigenvalue weighted by molar-refractivity contribution is 8.00. The zero-order valence-corrected chi connectivity index (χ0v) is 20.3. The van der Waals surface area contributed by atoms with E-state index in [9.17, 15) is 4.79 Å². The molecule has 0 saturated carbocycles. The topological polar surface area (TPSA) is 64.2 Å². The molecule has 0 aliphatic carbocycles. The van der Waals surface area contributed by atoms with Crippen molar-refractivity contribution in [2.45, 2.75) is 62.9 Å². The number of hydrogen-bond acceptors (Lipinski definition) is 6. The molecular weight excluding hydrogens is 420 g/mol. The summed E-state index contributed by atoms with van der Waals surface area (Å²) in [5.74, 6) is 2.00. The highest BCUT2D eigenvalue weighted by Gasteiger charge is 2.39. The molecule has 0 radical (unpaired) electrons. The van der Waals surface area contributed by atoms with Gasteiger partial charge in [-0.15, -0.1) is 10.2 Å². The number of rotatable bonds is 7. The number of thioether (sulfide) groups is 1. The number of benzene rings is 1. The first-order valence-corrected chi connectivity index (χ1v) is 11.8. The smallest absolute Gasteiger partial charge is 0.192 e. The molecule has 3 heterocycles. The van der Waals surface area contributed by atoms with E-state index in [0.29, 0.717) is 6.54 Å². The molecule has 1 aliphatic rings. The Bertz CT molecular complexity index is 1140. The van der Waals surface area contributed by atoms with Crippen LogP contribution in [0, 0.1) is 0 Å². The fraction of sp³-hybridized carbons (Fsp3) is 0.400. The molecule has 6 nitrogen and oxygen atoms in total. The van der Waals surface area contributed by atoms with E-state index in [4.69, 9.17) is 4.42 Å². The van der Waals surface area contributed by atoms with Crippen LogP contribution in [0.25, 0.3) is 0 Å². The van der Waals surface area contributed by atoms with Gasteiger partial charge in [0.2, 0.25) is 0 Å². The molecule has 1 atom stereocenters. The maximum absolute atomic E-state index is 13.3. The van der Waals surface area contributed by atoms with Gasteiger partial charge in [0.15, 0.2) is 10.9 Å². The van der Waals surface area contributed by atoms with Gasteiger partial charge in [0, 0.05) is 35.8 Å². The number of aromatic nitrogens is 3. The molecular formula is C25H30N4O2S. The fourth-order valence-electron chi connectivity index (χ4n) is 4.25. The zero-order valence-electron chi connectivity index (χ0n) is 19.5. The number of para-hydroxylation sites is 1. The molecule has 0 fully saturated rings. The summed E-state index contributed by atoms with van der Waals surface area (Å²) in [6.45, 7) is 11.0. The summed E-state index contributed by atoms with van der Waals surface area (Å²) in [5.41, 5.74) is 3.17. The third-order valence-electron chi connectivity index (χ3n) is 6.06. The molecule has 0 spiro atoms. The molecule has 168 valence electrons. The van der Waals surface area contributed by atoms with Crippen molar-refractivity contribution < 1.29 is 9.21 Å². The maximum Gasteiger partial charge on any atom is 0.192 e. The second-order valence-corrected chi connectivity index (χ2v) is 10.4. The molecule has 1 aromatic carbocycles. The molecule has 3 aromatic rings. The standard InChI is InChI=1S/C25H30N4O2S/c1-16(2)23-26-27-24(29(23)15-18-10-9-13-31-18)32-17(3)21(30)14-22-25(4,5)19-11-7-8-12-20(19)28(22)6/h7-14,16-17H,15H2,1-6H3/b22-14-/t17-/m1/s1. The molecule has 7 heteroatoms. The lowest BCUT2D eigenvalue weighted by Gasteiger charge is -2.24. The lowest BCUT2D eigenvalue weighted by Crippen LogP contribution is -2.25. The first-order chi connectivity index (χ1) is 15.2. The van der Waals surface area contributed by atoms with Crippen LogP contribution in [-0.2, 0) is 16.8 Å². The highest BCUT2D eigenvalue weighted by atomic mass is 32.2. The Morgan fingerprint density at radius 3 is 2.56 bits per heavy atom. The first kappa shape index (κ1) is 22.4. The number of nitrogens with zero attached hydrogens (tertiary/aromatic N) is 4. The molecule has 0 N–H and O–H groups in total. The quantitative estimate of drug-likeness (QED) is 0.355. The Hall–Kier alpha value is -2.80. The van der Waals surface area contributed by atoms with Crippen molar-refractivity contribution in [3.05, 3.63) is 71.6 Å². The van der Waals surface area contributed by atoms with Crippen LogP contribution < -0.4 is 4.90 Å². The lowest BCUT2D eigenvalue weighted by atomic mass is 9.83. The third-order valence-corrected chi connectivity index (χ3v) is 7.16. The number of allylic oxidation sites excluding steroid dienone is 2. The van der Waals surface area contributed by atoms with E-state index < -0.39 is 0 Å². The minimum absolute atomic E-state index is 0.0661. The Labute approximate surface area is 193 Å².